The number of nitrogens with zero attached hydrogens (tertiary/aromatic N) is 4. The minimum absolute atomic E-state index is 0.0648. The van der Waals surface area contributed by atoms with E-state index in [0.717, 1.165) is 89.9 Å². The highest BCUT2D eigenvalue weighted by molar-refractivity contribution is 5.92. The minimum atomic E-state index is -0.0648. The zero-order valence-corrected chi connectivity index (χ0v) is 32.7. The Labute approximate surface area is 349 Å². The van der Waals surface area contributed by atoms with Crippen LogP contribution >= 0.6 is 0 Å². The van der Waals surface area contributed by atoms with Gasteiger partial charge >= 0.3 is 0 Å². The van der Waals surface area contributed by atoms with Gasteiger partial charge in [0, 0.05) is 39.2 Å². The first-order valence-corrected chi connectivity index (χ1v) is 20.4. The average molecular weight is 770 g/mol. The smallest absolute Gasteiger partial charge is 0.145 e. The third-order valence-electron chi connectivity index (χ3n) is 11.4. The van der Waals surface area contributed by atoms with Crippen LogP contribution in [0.4, 0.5) is 17.1 Å². The highest BCUT2D eigenvalue weighted by Gasteiger charge is 2.31. The van der Waals surface area contributed by atoms with Crippen molar-refractivity contribution >= 4 is 28.1 Å². The predicted octanol–water partition coefficient (Wildman–Crippen LogP) is 14.0. The van der Waals surface area contributed by atoms with Crippen LogP contribution in [0.5, 0.6) is 0 Å². The molecule has 0 fully saturated rings. The lowest BCUT2D eigenvalue weighted by Crippen LogP contribution is -2.23. The Bertz CT molecular complexity index is 3090. The largest absolute Gasteiger partial charge is 0.359 e. The molecule has 1 unspecified atom stereocenters. The van der Waals surface area contributed by atoms with E-state index < -0.39 is 0 Å². The molecule has 10 aromatic rings. The minimum Gasteiger partial charge on any atom is -0.359 e. The van der Waals surface area contributed by atoms with Gasteiger partial charge in [0.05, 0.1) is 33.8 Å². The van der Waals surface area contributed by atoms with E-state index in [0.29, 0.717) is 0 Å². The van der Waals surface area contributed by atoms with Gasteiger partial charge in [0.1, 0.15) is 12.0 Å². The van der Waals surface area contributed by atoms with Crippen LogP contribution in [0.15, 0.2) is 224 Å². The molecule has 1 aliphatic heterocycles. The number of rotatable bonds is 8. The van der Waals surface area contributed by atoms with E-state index in [9.17, 15) is 0 Å². The van der Waals surface area contributed by atoms with Crippen molar-refractivity contribution in [3.8, 4) is 61.8 Å². The zero-order chi connectivity index (χ0) is 39.8. The molecule has 8 aromatic carbocycles. The Morgan fingerprint density at radius 2 is 0.900 bits per heavy atom. The number of hydrogen-bond acceptors (Lipinski definition) is 4. The summed E-state index contributed by atoms with van der Waals surface area (Å²) >= 11 is 0. The molecular formula is C55H39N5. The zero-order valence-electron chi connectivity index (χ0n) is 32.7. The normalized spacial score (nSPS) is 13.3. The van der Waals surface area contributed by atoms with Crippen LogP contribution in [0.3, 0.4) is 0 Å². The molecule has 11 rings (SSSR count). The van der Waals surface area contributed by atoms with Crippen molar-refractivity contribution in [3.05, 3.63) is 230 Å². The molecule has 2 aromatic heterocycles. The van der Waals surface area contributed by atoms with Crippen molar-refractivity contribution in [1.82, 2.24) is 14.5 Å². The topological polar surface area (TPSA) is 46.0 Å². The molecule has 0 radical (unpaired) electrons. The van der Waals surface area contributed by atoms with E-state index in [4.69, 9.17) is 9.97 Å². The Balaban J connectivity index is 1.04. The highest BCUT2D eigenvalue weighted by Crippen LogP contribution is 2.46. The summed E-state index contributed by atoms with van der Waals surface area (Å²) in [6.07, 6.45) is -0.0648. The molecule has 0 saturated carbocycles. The van der Waals surface area contributed by atoms with Crippen molar-refractivity contribution in [2.45, 2.75) is 6.17 Å². The van der Waals surface area contributed by atoms with Crippen molar-refractivity contribution in [1.29, 1.82) is 0 Å². The van der Waals surface area contributed by atoms with Gasteiger partial charge in [-0.2, -0.15) is 0 Å². The van der Waals surface area contributed by atoms with E-state index in [1.807, 2.05) is 12.1 Å². The molecule has 0 aliphatic carbocycles. The van der Waals surface area contributed by atoms with E-state index in [1.165, 1.54) is 5.56 Å². The summed E-state index contributed by atoms with van der Waals surface area (Å²) in [6, 6.07) is 79.1. The fourth-order valence-electron chi connectivity index (χ4n) is 8.55. The maximum Gasteiger partial charge on any atom is 0.145 e. The van der Waals surface area contributed by atoms with Gasteiger partial charge in [0.2, 0.25) is 0 Å². The predicted molar refractivity (Wildman–Crippen MR) is 247 cm³/mol. The number of anilines is 3. The number of para-hydroxylation sites is 6. The molecule has 0 spiro atoms. The lowest BCUT2D eigenvalue weighted by atomic mass is 9.91. The number of fused-ring (bicyclic) bond motifs is 2. The first-order valence-electron chi connectivity index (χ1n) is 20.4. The average Bonchev–Trinajstić information content (AvgIpc) is 3.92. The first kappa shape index (κ1) is 35.2. The Kier molecular flexibility index (Phi) is 8.82. The summed E-state index contributed by atoms with van der Waals surface area (Å²) in [4.78, 5) is 13.2. The molecule has 1 aliphatic rings. The Morgan fingerprint density at radius 1 is 0.400 bits per heavy atom. The first-order chi connectivity index (χ1) is 29.8. The van der Waals surface area contributed by atoms with Gasteiger partial charge in [-0.1, -0.05) is 170 Å². The molecule has 60 heavy (non-hydrogen) atoms. The summed E-state index contributed by atoms with van der Waals surface area (Å²) in [5.74, 6) is 0.899. The molecule has 0 saturated heterocycles. The van der Waals surface area contributed by atoms with Crippen LogP contribution in [0, 0.1) is 0 Å². The van der Waals surface area contributed by atoms with Gasteiger partial charge in [-0.15, -0.1) is 0 Å². The summed E-state index contributed by atoms with van der Waals surface area (Å²) in [5, 5.41) is 3.79. The van der Waals surface area contributed by atoms with Crippen LogP contribution in [0.1, 0.15) is 11.7 Å². The van der Waals surface area contributed by atoms with Crippen LogP contribution in [-0.4, -0.2) is 14.5 Å². The van der Waals surface area contributed by atoms with Crippen molar-refractivity contribution in [2.24, 2.45) is 0 Å². The molecule has 0 bridgehead atoms. The van der Waals surface area contributed by atoms with Gasteiger partial charge in [0.25, 0.3) is 0 Å². The van der Waals surface area contributed by atoms with E-state index >= 15 is 0 Å². The number of pyridine rings is 1. The van der Waals surface area contributed by atoms with Crippen LogP contribution in [-0.2, 0) is 0 Å². The Hall–Kier alpha value is -8.02. The number of imidazole rings is 1. The molecular weight excluding hydrogens is 731 g/mol. The van der Waals surface area contributed by atoms with E-state index in [2.05, 4.69) is 227 Å². The van der Waals surface area contributed by atoms with Crippen molar-refractivity contribution < 1.29 is 0 Å². The summed E-state index contributed by atoms with van der Waals surface area (Å²) in [5.41, 5.74) is 17.0. The maximum absolute atomic E-state index is 5.64. The van der Waals surface area contributed by atoms with Crippen LogP contribution < -0.4 is 10.2 Å². The number of hydrogen-bond donors (Lipinski definition) is 1. The van der Waals surface area contributed by atoms with Gasteiger partial charge < -0.3 is 10.2 Å². The molecule has 5 nitrogen and oxygen atoms in total. The second-order valence-electron chi connectivity index (χ2n) is 15.1. The molecule has 5 heteroatoms. The van der Waals surface area contributed by atoms with E-state index in [1.54, 1.807) is 0 Å². The van der Waals surface area contributed by atoms with Crippen LogP contribution in [0.25, 0.3) is 72.9 Å². The maximum atomic E-state index is 5.64. The third kappa shape index (κ3) is 6.30. The van der Waals surface area contributed by atoms with Crippen LogP contribution in [0.2, 0.25) is 0 Å². The summed E-state index contributed by atoms with van der Waals surface area (Å²) in [6.45, 7) is 0. The quantitative estimate of drug-likeness (QED) is 0.167. The lowest BCUT2D eigenvalue weighted by Gasteiger charge is -2.27. The number of aromatic nitrogens is 3. The van der Waals surface area contributed by atoms with Crippen molar-refractivity contribution in [2.75, 3.05) is 10.2 Å². The second kappa shape index (κ2) is 15.1. The third-order valence-corrected chi connectivity index (χ3v) is 11.4. The van der Waals surface area contributed by atoms with Gasteiger partial charge in [-0.05, 0) is 71.3 Å². The molecule has 0 amide bonds. The molecule has 284 valence electrons. The Morgan fingerprint density at radius 3 is 1.53 bits per heavy atom. The SMILES string of the molecule is c1ccc(-c2cc(-c3ccccc3)c(-c3ccc(C4Nc5ccccc5N4c4ccccc4)cc3)nc2-c2ccc(-c3nc4ccccc4n3-c3ccccc3)cc2)cc1. The van der Waals surface area contributed by atoms with E-state index in [-0.39, 0.29) is 6.17 Å². The fourth-order valence-corrected chi connectivity index (χ4v) is 8.55. The standard InChI is InChI=1S/C55H39N5/c1-5-17-38(18-6-1)46-37-47(39-19-7-2-8-20-39)53(41-31-35-43(36-32-41)55-57-49-26-14-16-28-51(49)60(55)45-23-11-4-12-24-45)58-52(46)40-29-33-42(34-30-40)54-56-48-25-13-15-27-50(48)59(54)44-21-9-3-10-22-44/h1-37,54,56H. The lowest BCUT2D eigenvalue weighted by molar-refractivity contribution is 0.828. The number of nitrogens with one attached hydrogen (secondary N) is 1. The number of benzene rings is 8. The second-order valence-corrected chi connectivity index (χ2v) is 15.1. The van der Waals surface area contributed by atoms with Crippen molar-refractivity contribution in [3.63, 3.8) is 0 Å². The molecule has 1 N–H and O–H groups in total. The monoisotopic (exact) mass is 769 g/mol. The summed E-state index contributed by atoms with van der Waals surface area (Å²) < 4.78 is 2.24. The van der Waals surface area contributed by atoms with Gasteiger partial charge in [0.15, 0.2) is 0 Å². The van der Waals surface area contributed by atoms with Gasteiger partial charge in [-0.25, -0.2) is 9.97 Å². The summed E-state index contributed by atoms with van der Waals surface area (Å²) in [7, 11) is 0. The fraction of sp³-hybridized carbons (Fsp3) is 0.0182. The highest BCUT2D eigenvalue weighted by atomic mass is 15.3. The molecule has 1 atom stereocenters. The molecule has 3 heterocycles. The van der Waals surface area contributed by atoms with Gasteiger partial charge in [-0.3, -0.25) is 4.57 Å².